The highest BCUT2D eigenvalue weighted by molar-refractivity contribution is 5.80. The largest absolute Gasteiger partial charge is 0.376 e. The molecule has 0 spiro atoms. The summed E-state index contributed by atoms with van der Waals surface area (Å²) in [5.74, 6) is -0.0281. The Hall–Kier alpha value is -1.39. The van der Waals surface area contributed by atoms with Crippen LogP contribution in [0.15, 0.2) is 24.3 Å². The highest BCUT2D eigenvalue weighted by Crippen LogP contribution is 2.29. The van der Waals surface area contributed by atoms with Gasteiger partial charge in [0.1, 0.15) is 6.10 Å². The number of fused-ring (bicyclic) bond motifs is 1. The van der Waals surface area contributed by atoms with E-state index in [9.17, 15) is 4.79 Å². The molecule has 4 heteroatoms. The van der Waals surface area contributed by atoms with Crippen LogP contribution in [0, 0.1) is 0 Å². The fourth-order valence-electron chi connectivity index (χ4n) is 3.30. The summed E-state index contributed by atoms with van der Waals surface area (Å²) >= 11 is 0. The van der Waals surface area contributed by atoms with E-state index in [1.54, 1.807) is 0 Å². The van der Waals surface area contributed by atoms with Crippen LogP contribution in [0.5, 0.6) is 0 Å². The van der Waals surface area contributed by atoms with Crippen molar-refractivity contribution in [2.45, 2.75) is 57.3 Å². The molecule has 1 saturated heterocycles. The predicted octanol–water partition coefficient (Wildman–Crippen LogP) is 2.76. The Labute approximate surface area is 132 Å². The van der Waals surface area contributed by atoms with Gasteiger partial charge >= 0.3 is 0 Å². The minimum atomic E-state index is -0.432. The average Bonchev–Trinajstić information content (AvgIpc) is 3.06. The van der Waals surface area contributed by atoms with Crippen LogP contribution in [-0.4, -0.2) is 31.3 Å². The number of aryl methyl sites for hydroxylation is 1. The Morgan fingerprint density at radius 1 is 1.36 bits per heavy atom. The van der Waals surface area contributed by atoms with E-state index in [2.05, 4.69) is 23.5 Å². The zero-order chi connectivity index (χ0) is 15.4. The lowest BCUT2D eigenvalue weighted by Crippen LogP contribution is -2.39. The monoisotopic (exact) mass is 303 g/mol. The molecule has 1 N–H and O–H groups in total. The predicted molar refractivity (Wildman–Crippen MR) is 84.7 cm³/mol. The molecule has 3 atom stereocenters. The number of carbonyl (C=O) groups excluding carboxylic acids is 1. The summed E-state index contributed by atoms with van der Waals surface area (Å²) in [4.78, 5) is 12.3. The number of hydrogen-bond donors (Lipinski definition) is 1. The Balaban J connectivity index is 1.53. The van der Waals surface area contributed by atoms with Gasteiger partial charge in [0.2, 0.25) is 5.91 Å². The van der Waals surface area contributed by atoms with Gasteiger partial charge < -0.3 is 14.8 Å². The van der Waals surface area contributed by atoms with E-state index in [1.165, 1.54) is 11.1 Å². The molecule has 1 fully saturated rings. The molecule has 3 rings (SSSR count). The molecule has 1 amide bonds. The number of carbonyl (C=O) groups is 1. The lowest BCUT2D eigenvalue weighted by molar-refractivity contribution is -0.134. The third-order valence-corrected chi connectivity index (χ3v) is 4.61. The number of rotatable bonds is 5. The highest BCUT2D eigenvalue weighted by atomic mass is 16.5. The minimum absolute atomic E-state index is 0.0281. The fraction of sp³-hybridized carbons (Fsp3) is 0.611. The maximum atomic E-state index is 12.3. The molecule has 2 aliphatic rings. The number of amides is 1. The average molecular weight is 303 g/mol. The quantitative estimate of drug-likeness (QED) is 0.910. The first-order valence-corrected chi connectivity index (χ1v) is 8.35. The van der Waals surface area contributed by atoms with Crippen LogP contribution in [-0.2, 0) is 20.7 Å². The van der Waals surface area contributed by atoms with Crippen molar-refractivity contribution < 1.29 is 14.3 Å². The third-order valence-electron chi connectivity index (χ3n) is 4.61. The SMILES string of the molecule is C[C@H](OC[C@@H]1CCCO1)C(=O)N[C@H]1CCCc2ccccc21. The van der Waals surface area contributed by atoms with Crippen LogP contribution < -0.4 is 5.32 Å². The van der Waals surface area contributed by atoms with E-state index >= 15 is 0 Å². The van der Waals surface area contributed by atoms with Gasteiger partial charge in [-0.05, 0) is 50.2 Å². The Morgan fingerprint density at radius 3 is 3.05 bits per heavy atom. The lowest BCUT2D eigenvalue weighted by Gasteiger charge is -2.27. The fourth-order valence-corrected chi connectivity index (χ4v) is 3.30. The van der Waals surface area contributed by atoms with Crippen molar-refractivity contribution >= 4 is 5.91 Å². The lowest BCUT2D eigenvalue weighted by atomic mass is 9.87. The van der Waals surface area contributed by atoms with E-state index < -0.39 is 6.10 Å². The molecule has 1 heterocycles. The summed E-state index contributed by atoms with van der Waals surface area (Å²) in [6.07, 6.45) is 5.07. The number of benzene rings is 1. The summed E-state index contributed by atoms with van der Waals surface area (Å²) in [6.45, 7) is 3.14. The van der Waals surface area contributed by atoms with Crippen molar-refractivity contribution in [2.24, 2.45) is 0 Å². The number of ether oxygens (including phenoxy) is 2. The molecule has 0 bridgehead atoms. The van der Waals surface area contributed by atoms with Crippen LogP contribution in [0.2, 0.25) is 0 Å². The summed E-state index contributed by atoms with van der Waals surface area (Å²) in [6, 6.07) is 8.51. The topological polar surface area (TPSA) is 47.6 Å². The minimum Gasteiger partial charge on any atom is -0.376 e. The molecule has 1 aromatic carbocycles. The Morgan fingerprint density at radius 2 is 2.23 bits per heavy atom. The molecule has 1 aromatic rings. The van der Waals surface area contributed by atoms with Crippen molar-refractivity contribution in [3.63, 3.8) is 0 Å². The highest BCUT2D eigenvalue weighted by Gasteiger charge is 2.25. The standard InChI is InChI=1S/C18H25NO3/c1-13(22-12-15-8-5-11-21-15)18(20)19-17-10-4-7-14-6-2-3-9-16(14)17/h2-3,6,9,13,15,17H,4-5,7-8,10-12H2,1H3,(H,19,20)/t13-,15-,17-/m0/s1. The van der Waals surface area contributed by atoms with Gasteiger partial charge in [-0.15, -0.1) is 0 Å². The molecule has 22 heavy (non-hydrogen) atoms. The second-order valence-corrected chi connectivity index (χ2v) is 6.26. The first-order chi connectivity index (χ1) is 10.7. The number of hydrogen-bond acceptors (Lipinski definition) is 3. The summed E-state index contributed by atoms with van der Waals surface area (Å²) in [5.41, 5.74) is 2.61. The summed E-state index contributed by atoms with van der Waals surface area (Å²) in [7, 11) is 0. The van der Waals surface area contributed by atoms with Gasteiger partial charge in [-0.3, -0.25) is 4.79 Å². The van der Waals surface area contributed by atoms with Gasteiger partial charge in [-0.1, -0.05) is 24.3 Å². The van der Waals surface area contributed by atoms with Crippen molar-refractivity contribution in [2.75, 3.05) is 13.2 Å². The Bertz CT molecular complexity index is 511. The van der Waals surface area contributed by atoms with Gasteiger partial charge in [-0.2, -0.15) is 0 Å². The van der Waals surface area contributed by atoms with E-state index in [0.29, 0.717) is 6.61 Å². The smallest absolute Gasteiger partial charge is 0.249 e. The molecule has 1 aliphatic carbocycles. The van der Waals surface area contributed by atoms with E-state index in [-0.39, 0.29) is 18.1 Å². The van der Waals surface area contributed by atoms with Crippen LogP contribution >= 0.6 is 0 Å². The van der Waals surface area contributed by atoms with Gasteiger partial charge in [0.15, 0.2) is 0 Å². The number of nitrogens with one attached hydrogen (secondary N) is 1. The third kappa shape index (κ3) is 3.68. The first kappa shape index (κ1) is 15.5. The molecular weight excluding hydrogens is 278 g/mol. The molecule has 4 nitrogen and oxygen atoms in total. The normalized spacial score (nSPS) is 25.5. The molecule has 0 unspecified atom stereocenters. The summed E-state index contributed by atoms with van der Waals surface area (Å²) < 4.78 is 11.2. The zero-order valence-corrected chi connectivity index (χ0v) is 13.2. The van der Waals surface area contributed by atoms with Gasteiger partial charge in [0.25, 0.3) is 0 Å². The van der Waals surface area contributed by atoms with Gasteiger partial charge in [-0.25, -0.2) is 0 Å². The second-order valence-electron chi connectivity index (χ2n) is 6.26. The van der Waals surface area contributed by atoms with Crippen molar-refractivity contribution in [3.8, 4) is 0 Å². The van der Waals surface area contributed by atoms with Crippen molar-refractivity contribution in [3.05, 3.63) is 35.4 Å². The Kier molecular flexibility index (Phi) is 5.11. The van der Waals surface area contributed by atoms with Crippen LogP contribution in [0.25, 0.3) is 0 Å². The van der Waals surface area contributed by atoms with Crippen LogP contribution in [0.4, 0.5) is 0 Å². The van der Waals surface area contributed by atoms with Crippen molar-refractivity contribution in [1.29, 1.82) is 0 Å². The van der Waals surface area contributed by atoms with E-state index in [1.807, 2.05) is 13.0 Å². The maximum absolute atomic E-state index is 12.3. The molecular formula is C18H25NO3. The molecule has 1 aliphatic heterocycles. The molecule has 120 valence electrons. The van der Waals surface area contributed by atoms with Gasteiger partial charge in [0, 0.05) is 6.61 Å². The van der Waals surface area contributed by atoms with E-state index in [4.69, 9.17) is 9.47 Å². The van der Waals surface area contributed by atoms with E-state index in [0.717, 1.165) is 38.7 Å². The maximum Gasteiger partial charge on any atom is 0.249 e. The molecule has 0 saturated carbocycles. The van der Waals surface area contributed by atoms with Crippen molar-refractivity contribution in [1.82, 2.24) is 5.32 Å². The van der Waals surface area contributed by atoms with Gasteiger partial charge in [0.05, 0.1) is 18.8 Å². The van der Waals surface area contributed by atoms with Crippen LogP contribution in [0.1, 0.15) is 49.8 Å². The molecule has 0 radical (unpaired) electrons. The first-order valence-electron chi connectivity index (χ1n) is 8.35. The zero-order valence-electron chi connectivity index (χ0n) is 13.2. The molecule has 0 aromatic heterocycles. The van der Waals surface area contributed by atoms with Crippen LogP contribution in [0.3, 0.4) is 0 Å². The second kappa shape index (κ2) is 7.25. The summed E-state index contributed by atoms with van der Waals surface area (Å²) in [5, 5.41) is 3.15.